The summed E-state index contributed by atoms with van der Waals surface area (Å²) in [7, 11) is 1.53. The van der Waals surface area contributed by atoms with Gasteiger partial charge in [-0.3, -0.25) is 19.9 Å². The van der Waals surface area contributed by atoms with Crippen molar-refractivity contribution in [2.24, 2.45) is 0 Å². The number of urea groups is 1. The van der Waals surface area contributed by atoms with Crippen molar-refractivity contribution in [2.75, 3.05) is 13.7 Å². The van der Waals surface area contributed by atoms with Gasteiger partial charge in [-0.15, -0.1) is 0 Å². The number of fused-ring (bicyclic) bond motifs is 2. The second-order valence-corrected chi connectivity index (χ2v) is 7.47. The Bertz CT molecular complexity index is 1230. The number of rotatable bonds is 4. The Morgan fingerprint density at radius 3 is 2.80 bits per heavy atom. The maximum atomic E-state index is 13.0. The lowest BCUT2D eigenvalue weighted by Gasteiger charge is -2.29. The smallest absolute Gasteiger partial charge is 0.322 e. The molecule has 4 heterocycles. The van der Waals surface area contributed by atoms with Crippen molar-refractivity contribution in [1.29, 1.82) is 0 Å². The van der Waals surface area contributed by atoms with Gasteiger partial charge >= 0.3 is 6.03 Å². The molecule has 0 spiro atoms. The van der Waals surface area contributed by atoms with Gasteiger partial charge in [0.1, 0.15) is 11.5 Å². The van der Waals surface area contributed by atoms with Crippen molar-refractivity contribution in [3.05, 3.63) is 59.1 Å². The van der Waals surface area contributed by atoms with Crippen molar-refractivity contribution in [3.8, 4) is 5.75 Å². The van der Waals surface area contributed by atoms with Crippen LogP contribution in [0.1, 0.15) is 27.4 Å². The van der Waals surface area contributed by atoms with Crippen LogP contribution in [0.5, 0.6) is 5.75 Å². The first-order valence-electron chi connectivity index (χ1n) is 9.36. The number of hydrogen-bond acceptors (Lipinski definition) is 6. The summed E-state index contributed by atoms with van der Waals surface area (Å²) in [6, 6.07) is 8.17. The van der Waals surface area contributed by atoms with E-state index in [2.05, 4.69) is 15.6 Å². The van der Waals surface area contributed by atoms with E-state index >= 15 is 0 Å². The molecule has 30 heavy (non-hydrogen) atoms. The molecule has 0 saturated carbocycles. The van der Waals surface area contributed by atoms with Crippen LogP contribution in [-0.2, 0) is 16.9 Å². The standard InChI is InChI=1S/C21H18N4O5/c1-11-5-13-6-17(30-16(13)8-22-11)21(19(27)23-20(28)24-21)10-25-9-12-3-4-14(29-2)7-15(12)18(25)26/h3-8H,9-10H2,1-2H3,(H2,23,24,27,28). The van der Waals surface area contributed by atoms with Gasteiger partial charge in [0, 0.05) is 23.2 Å². The minimum Gasteiger partial charge on any atom is -0.497 e. The maximum absolute atomic E-state index is 13.0. The number of benzene rings is 1. The van der Waals surface area contributed by atoms with Crippen LogP contribution in [0.25, 0.3) is 11.0 Å². The molecular weight excluding hydrogens is 388 g/mol. The molecule has 9 heteroatoms. The predicted octanol–water partition coefficient (Wildman–Crippen LogP) is 1.84. The molecule has 5 rings (SSSR count). The van der Waals surface area contributed by atoms with E-state index in [9.17, 15) is 14.4 Å². The van der Waals surface area contributed by atoms with Crippen LogP contribution in [0.15, 0.2) is 40.9 Å². The van der Waals surface area contributed by atoms with Crippen molar-refractivity contribution >= 4 is 28.8 Å². The van der Waals surface area contributed by atoms with Crippen molar-refractivity contribution in [1.82, 2.24) is 20.5 Å². The van der Waals surface area contributed by atoms with Gasteiger partial charge in [0.15, 0.2) is 11.1 Å². The predicted molar refractivity (Wildman–Crippen MR) is 105 cm³/mol. The van der Waals surface area contributed by atoms with E-state index in [1.807, 2.05) is 19.1 Å². The highest BCUT2D eigenvalue weighted by Gasteiger charge is 2.53. The van der Waals surface area contributed by atoms with Crippen molar-refractivity contribution in [3.63, 3.8) is 0 Å². The molecule has 152 valence electrons. The Labute approximate surface area is 171 Å². The molecule has 2 aliphatic rings. The molecule has 9 nitrogen and oxygen atoms in total. The SMILES string of the molecule is COc1ccc2c(c1)C(=O)N(CC1(c3cc4cc(C)ncc4o3)NC(=O)NC1=O)C2. The zero-order valence-electron chi connectivity index (χ0n) is 16.3. The summed E-state index contributed by atoms with van der Waals surface area (Å²) >= 11 is 0. The molecular formula is C21H18N4O5. The third kappa shape index (κ3) is 2.62. The molecule has 2 N–H and O–H groups in total. The van der Waals surface area contributed by atoms with Gasteiger partial charge in [-0.25, -0.2) is 4.79 Å². The van der Waals surface area contributed by atoms with Gasteiger partial charge in [0.05, 0.1) is 19.9 Å². The summed E-state index contributed by atoms with van der Waals surface area (Å²) in [6.07, 6.45) is 1.57. The number of methoxy groups -OCH3 is 1. The molecule has 2 aromatic heterocycles. The normalized spacial score (nSPS) is 20.5. The summed E-state index contributed by atoms with van der Waals surface area (Å²) in [5.41, 5.74) is 1.09. The molecule has 0 aliphatic carbocycles. The topological polar surface area (TPSA) is 114 Å². The van der Waals surface area contributed by atoms with Gasteiger partial charge in [-0.1, -0.05) is 6.07 Å². The molecule has 0 radical (unpaired) electrons. The average molecular weight is 406 g/mol. The summed E-state index contributed by atoms with van der Waals surface area (Å²) in [5, 5.41) is 5.70. The number of ether oxygens (including phenoxy) is 1. The van der Waals surface area contributed by atoms with Crippen LogP contribution >= 0.6 is 0 Å². The summed E-state index contributed by atoms with van der Waals surface area (Å²) in [6.45, 7) is 2.08. The van der Waals surface area contributed by atoms with E-state index < -0.39 is 17.5 Å². The number of aromatic nitrogens is 1. The fourth-order valence-corrected chi connectivity index (χ4v) is 4.00. The third-order valence-corrected chi connectivity index (χ3v) is 5.53. The number of amides is 4. The van der Waals surface area contributed by atoms with Crippen LogP contribution in [0.2, 0.25) is 0 Å². The van der Waals surface area contributed by atoms with Crippen LogP contribution < -0.4 is 15.4 Å². The van der Waals surface area contributed by atoms with E-state index in [0.29, 0.717) is 23.4 Å². The number of nitrogens with zero attached hydrogens (tertiary/aromatic N) is 2. The van der Waals surface area contributed by atoms with Gasteiger partial charge in [-0.2, -0.15) is 0 Å². The lowest BCUT2D eigenvalue weighted by molar-refractivity contribution is -0.125. The molecule has 4 amide bonds. The Kier molecular flexibility index (Phi) is 3.82. The van der Waals surface area contributed by atoms with E-state index in [0.717, 1.165) is 16.6 Å². The fourth-order valence-electron chi connectivity index (χ4n) is 4.00. The largest absolute Gasteiger partial charge is 0.497 e. The molecule has 0 bridgehead atoms. The average Bonchev–Trinajstić information content (AvgIpc) is 3.36. The Morgan fingerprint density at radius 2 is 2.07 bits per heavy atom. The number of pyridine rings is 1. The number of hydrogen-bond donors (Lipinski definition) is 2. The number of furan rings is 1. The monoisotopic (exact) mass is 406 g/mol. The first kappa shape index (κ1) is 18.2. The van der Waals surface area contributed by atoms with Crippen molar-refractivity contribution < 1.29 is 23.5 Å². The van der Waals surface area contributed by atoms with Crippen LogP contribution in [0, 0.1) is 6.92 Å². The highest BCUT2D eigenvalue weighted by atomic mass is 16.5. The zero-order valence-corrected chi connectivity index (χ0v) is 16.3. The highest BCUT2D eigenvalue weighted by molar-refractivity contribution is 6.08. The first-order chi connectivity index (χ1) is 14.4. The molecule has 3 aromatic rings. The maximum Gasteiger partial charge on any atom is 0.322 e. The van der Waals surface area contributed by atoms with E-state index in [1.165, 1.54) is 12.0 Å². The summed E-state index contributed by atoms with van der Waals surface area (Å²) in [5.74, 6) is 0.00346. The molecule has 1 aromatic carbocycles. The Morgan fingerprint density at radius 1 is 1.23 bits per heavy atom. The van der Waals surface area contributed by atoms with E-state index in [4.69, 9.17) is 9.15 Å². The van der Waals surface area contributed by atoms with Gasteiger partial charge < -0.3 is 19.4 Å². The zero-order chi connectivity index (χ0) is 21.0. The van der Waals surface area contributed by atoms with E-state index in [-0.39, 0.29) is 18.2 Å². The second kappa shape index (κ2) is 6.31. The number of imide groups is 1. The van der Waals surface area contributed by atoms with Gasteiger partial charge in [0.2, 0.25) is 0 Å². The second-order valence-electron chi connectivity index (χ2n) is 7.47. The van der Waals surface area contributed by atoms with Gasteiger partial charge in [-0.05, 0) is 36.8 Å². The minimum absolute atomic E-state index is 0.0768. The van der Waals surface area contributed by atoms with Crippen molar-refractivity contribution in [2.45, 2.75) is 19.0 Å². The fraction of sp³-hybridized carbons (Fsp3) is 0.238. The number of aryl methyl sites for hydroxylation is 1. The van der Waals surface area contributed by atoms with Crippen LogP contribution in [-0.4, -0.2) is 41.4 Å². The molecule has 1 saturated heterocycles. The number of nitrogens with one attached hydrogen (secondary N) is 2. The quantitative estimate of drug-likeness (QED) is 0.639. The molecule has 1 fully saturated rings. The molecule has 1 atom stereocenters. The first-order valence-corrected chi connectivity index (χ1v) is 9.36. The van der Waals surface area contributed by atoms with Gasteiger partial charge in [0.25, 0.3) is 11.8 Å². The molecule has 2 aliphatic heterocycles. The lowest BCUT2D eigenvalue weighted by atomic mass is 9.95. The highest BCUT2D eigenvalue weighted by Crippen LogP contribution is 2.34. The van der Waals surface area contributed by atoms with Crippen LogP contribution in [0.3, 0.4) is 0 Å². The van der Waals surface area contributed by atoms with E-state index in [1.54, 1.807) is 24.4 Å². The minimum atomic E-state index is -1.54. The Hall–Kier alpha value is -3.88. The van der Waals surface area contributed by atoms with Crippen LogP contribution in [0.4, 0.5) is 4.79 Å². The Balaban J connectivity index is 1.55. The molecule has 1 unspecified atom stereocenters. The summed E-state index contributed by atoms with van der Waals surface area (Å²) in [4.78, 5) is 43.7. The lowest BCUT2D eigenvalue weighted by Crippen LogP contribution is -2.52. The third-order valence-electron chi connectivity index (χ3n) is 5.53. The number of carbonyl (C=O) groups is 3. The summed E-state index contributed by atoms with van der Waals surface area (Å²) < 4.78 is 11.1. The number of carbonyl (C=O) groups excluding carboxylic acids is 3.